The van der Waals surface area contributed by atoms with Crippen molar-refractivity contribution in [3.8, 4) is 0 Å². The largest absolute Gasteiger partial charge is 0.381 e. The van der Waals surface area contributed by atoms with Gasteiger partial charge in [-0.2, -0.15) is 0 Å². The number of rotatable bonds is 3. The Bertz CT molecular complexity index is 376. The average Bonchev–Trinajstić information content (AvgIpc) is 2.46. The molecule has 1 N–H and O–H groups in total. The highest BCUT2D eigenvalue weighted by molar-refractivity contribution is 8.23. The highest BCUT2D eigenvalue weighted by atomic mass is 32.2. The number of hydrogen-bond donors (Lipinski definition) is 1. The molecule has 120 valence electrons. The third kappa shape index (κ3) is 5.42. The number of nitrogens with one attached hydrogen (secondary N) is 1. The fraction of sp³-hybridized carbons (Fsp3) is 0.867. The lowest BCUT2D eigenvalue weighted by Crippen LogP contribution is -2.50. The lowest BCUT2D eigenvalue weighted by Gasteiger charge is -2.35. The van der Waals surface area contributed by atoms with Crippen LogP contribution in [0.15, 0.2) is 0 Å². The fourth-order valence-corrected chi connectivity index (χ4v) is 3.78. The van der Waals surface area contributed by atoms with Crippen molar-refractivity contribution in [1.82, 2.24) is 10.2 Å². The Labute approximate surface area is 137 Å². The van der Waals surface area contributed by atoms with Gasteiger partial charge in [0.2, 0.25) is 5.91 Å². The van der Waals surface area contributed by atoms with Gasteiger partial charge in [0.25, 0.3) is 0 Å². The van der Waals surface area contributed by atoms with Gasteiger partial charge >= 0.3 is 0 Å². The first kappa shape index (κ1) is 17.0. The van der Waals surface area contributed by atoms with E-state index in [4.69, 9.17) is 17.0 Å². The van der Waals surface area contributed by atoms with Gasteiger partial charge in [0.15, 0.2) is 0 Å². The molecule has 2 aliphatic rings. The van der Waals surface area contributed by atoms with Crippen molar-refractivity contribution < 1.29 is 9.53 Å². The summed E-state index contributed by atoms with van der Waals surface area (Å²) in [5.74, 6) is 1.30. The highest BCUT2D eigenvalue weighted by Crippen LogP contribution is 2.22. The number of thiocarbonyl (C=S) groups is 1. The van der Waals surface area contributed by atoms with Gasteiger partial charge in [-0.15, -0.1) is 0 Å². The molecule has 2 aliphatic heterocycles. The third-order valence-corrected chi connectivity index (χ3v) is 5.93. The first-order chi connectivity index (χ1) is 9.98. The van der Waals surface area contributed by atoms with Crippen molar-refractivity contribution in [1.29, 1.82) is 0 Å². The monoisotopic (exact) mass is 330 g/mol. The van der Waals surface area contributed by atoms with Crippen LogP contribution in [0.25, 0.3) is 0 Å². The maximum Gasteiger partial charge on any atom is 0.230 e. The third-order valence-electron chi connectivity index (χ3n) is 4.41. The number of likely N-dealkylation sites (tertiary alicyclic amines) is 1. The Morgan fingerprint density at radius 3 is 2.62 bits per heavy atom. The lowest BCUT2D eigenvalue weighted by molar-refractivity contribution is -0.121. The Hall–Kier alpha value is -0.330. The molecule has 0 radical (unpaired) electrons. The molecule has 2 saturated heterocycles. The van der Waals surface area contributed by atoms with E-state index in [0.29, 0.717) is 5.75 Å². The molecular weight excluding hydrogens is 304 g/mol. The summed E-state index contributed by atoms with van der Waals surface area (Å²) < 4.78 is 6.22. The van der Waals surface area contributed by atoms with Crippen molar-refractivity contribution >= 4 is 34.2 Å². The number of piperidine rings is 1. The topological polar surface area (TPSA) is 41.6 Å². The van der Waals surface area contributed by atoms with Gasteiger partial charge < -0.3 is 15.0 Å². The van der Waals surface area contributed by atoms with Crippen molar-refractivity contribution in [2.24, 2.45) is 5.92 Å². The predicted molar refractivity (Wildman–Crippen MR) is 91.6 cm³/mol. The molecule has 0 aromatic heterocycles. The van der Waals surface area contributed by atoms with Crippen molar-refractivity contribution in [3.63, 3.8) is 0 Å². The minimum atomic E-state index is -0.113. The van der Waals surface area contributed by atoms with E-state index in [1.165, 1.54) is 24.6 Å². The number of carbonyl (C=O) groups excluding carboxylic acids is 1. The number of nitrogens with zero attached hydrogens (tertiary/aromatic N) is 1. The second-order valence-corrected chi connectivity index (χ2v) is 8.05. The van der Waals surface area contributed by atoms with Crippen LogP contribution >= 0.6 is 24.0 Å². The molecule has 0 unspecified atom stereocenters. The molecule has 0 spiro atoms. The Morgan fingerprint density at radius 2 is 2.00 bits per heavy atom. The quantitative estimate of drug-likeness (QED) is 0.805. The average molecular weight is 331 g/mol. The summed E-state index contributed by atoms with van der Waals surface area (Å²) in [5.41, 5.74) is -0.113. The molecule has 2 fully saturated rings. The van der Waals surface area contributed by atoms with E-state index >= 15 is 0 Å². The van der Waals surface area contributed by atoms with Crippen molar-refractivity contribution in [3.05, 3.63) is 0 Å². The Kier molecular flexibility index (Phi) is 6.32. The highest BCUT2D eigenvalue weighted by Gasteiger charge is 2.29. The van der Waals surface area contributed by atoms with Crippen LogP contribution in [0.1, 0.15) is 39.5 Å². The zero-order valence-corrected chi connectivity index (χ0v) is 14.7. The van der Waals surface area contributed by atoms with E-state index in [2.05, 4.69) is 24.1 Å². The molecule has 0 saturated carbocycles. The van der Waals surface area contributed by atoms with Crippen LogP contribution in [0.5, 0.6) is 0 Å². The number of thioether (sulfide) groups is 1. The van der Waals surface area contributed by atoms with Crippen LogP contribution in [0.3, 0.4) is 0 Å². The van der Waals surface area contributed by atoms with E-state index in [-0.39, 0.29) is 11.4 Å². The van der Waals surface area contributed by atoms with Crippen LogP contribution in [-0.4, -0.2) is 52.7 Å². The number of amides is 1. The zero-order valence-electron chi connectivity index (χ0n) is 13.0. The minimum absolute atomic E-state index is 0.0807. The second kappa shape index (κ2) is 7.79. The molecule has 0 aromatic rings. The second-order valence-electron chi connectivity index (χ2n) is 6.45. The van der Waals surface area contributed by atoms with Gasteiger partial charge in [-0.3, -0.25) is 4.79 Å². The van der Waals surface area contributed by atoms with Crippen LogP contribution in [0.4, 0.5) is 0 Å². The lowest BCUT2D eigenvalue weighted by atomic mass is 9.92. The molecule has 0 atom stereocenters. The van der Waals surface area contributed by atoms with Gasteiger partial charge in [0.1, 0.15) is 4.32 Å². The van der Waals surface area contributed by atoms with Gasteiger partial charge in [-0.05, 0) is 38.5 Å². The fourth-order valence-electron chi connectivity index (χ4n) is 2.73. The SMILES string of the molecule is CC1CCN(C(=S)SCC(=O)NC2(C)CCOCC2)CC1. The predicted octanol–water partition coefficient (Wildman–Crippen LogP) is 2.42. The maximum absolute atomic E-state index is 12.1. The van der Waals surface area contributed by atoms with E-state index in [1.807, 2.05) is 0 Å². The first-order valence-corrected chi connectivity index (χ1v) is 9.18. The van der Waals surface area contributed by atoms with Crippen molar-refractivity contribution in [2.75, 3.05) is 32.1 Å². The molecule has 6 heteroatoms. The van der Waals surface area contributed by atoms with Gasteiger partial charge in [-0.1, -0.05) is 30.9 Å². The molecular formula is C15H26N2O2S2. The summed E-state index contributed by atoms with van der Waals surface area (Å²) in [7, 11) is 0. The summed E-state index contributed by atoms with van der Waals surface area (Å²) in [5, 5.41) is 3.14. The molecule has 2 rings (SSSR count). The minimum Gasteiger partial charge on any atom is -0.381 e. The molecule has 0 bridgehead atoms. The molecule has 1 amide bonds. The van der Waals surface area contributed by atoms with E-state index in [1.54, 1.807) is 0 Å². The number of carbonyl (C=O) groups is 1. The zero-order chi connectivity index (χ0) is 15.3. The van der Waals surface area contributed by atoms with Crippen LogP contribution in [0, 0.1) is 5.92 Å². The smallest absolute Gasteiger partial charge is 0.230 e. The summed E-state index contributed by atoms with van der Waals surface area (Å²) in [6, 6.07) is 0. The summed E-state index contributed by atoms with van der Waals surface area (Å²) in [6.45, 7) is 7.91. The molecule has 0 aliphatic carbocycles. The summed E-state index contributed by atoms with van der Waals surface area (Å²) in [4.78, 5) is 14.3. The standard InChI is InChI=1S/C15H26N2O2S2/c1-12-3-7-17(8-4-12)14(20)21-11-13(18)16-15(2)5-9-19-10-6-15/h12H,3-11H2,1-2H3,(H,16,18). The van der Waals surface area contributed by atoms with Crippen LogP contribution < -0.4 is 5.32 Å². The normalized spacial score (nSPS) is 22.9. The van der Waals surface area contributed by atoms with E-state index < -0.39 is 0 Å². The summed E-state index contributed by atoms with van der Waals surface area (Å²) in [6.07, 6.45) is 4.17. The Balaban J connectivity index is 1.69. The van der Waals surface area contributed by atoms with Gasteiger partial charge in [0, 0.05) is 31.8 Å². The maximum atomic E-state index is 12.1. The number of ether oxygens (including phenoxy) is 1. The van der Waals surface area contributed by atoms with E-state index in [0.717, 1.165) is 49.4 Å². The molecule has 2 heterocycles. The van der Waals surface area contributed by atoms with Crippen LogP contribution in [-0.2, 0) is 9.53 Å². The Morgan fingerprint density at radius 1 is 1.38 bits per heavy atom. The molecule has 4 nitrogen and oxygen atoms in total. The number of hydrogen-bond acceptors (Lipinski definition) is 4. The first-order valence-electron chi connectivity index (χ1n) is 7.79. The molecule has 21 heavy (non-hydrogen) atoms. The molecule has 0 aromatic carbocycles. The van der Waals surface area contributed by atoms with Crippen molar-refractivity contribution in [2.45, 2.75) is 45.1 Å². The van der Waals surface area contributed by atoms with E-state index in [9.17, 15) is 4.79 Å². The van der Waals surface area contributed by atoms with Gasteiger partial charge in [-0.25, -0.2) is 0 Å². The summed E-state index contributed by atoms with van der Waals surface area (Å²) >= 11 is 6.95. The van der Waals surface area contributed by atoms with Gasteiger partial charge in [0.05, 0.1) is 5.75 Å². The van der Waals surface area contributed by atoms with Crippen LogP contribution in [0.2, 0.25) is 0 Å².